The van der Waals surface area contributed by atoms with Crippen molar-refractivity contribution in [2.45, 2.75) is 52.8 Å². The third-order valence-electron chi connectivity index (χ3n) is 5.61. The van der Waals surface area contributed by atoms with Crippen molar-refractivity contribution in [1.82, 2.24) is 15.0 Å². The molecule has 0 fully saturated rings. The summed E-state index contributed by atoms with van der Waals surface area (Å²) in [5, 5.41) is 0.190. The van der Waals surface area contributed by atoms with Crippen LogP contribution in [0.5, 0.6) is 11.8 Å². The first-order valence-electron chi connectivity index (χ1n) is 10.2. The van der Waals surface area contributed by atoms with Crippen LogP contribution in [-0.4, -0.2) is 23.0 Å². The zero-order chi connectivity index (χ0) is 22.8. The van der Waals surface area contributed by atoms with Gasteiger partial charge in [-0.3, -0.25) is 0 Å². The van der Waals surface area contributed by atoms with Crippen molar-refractivity contribution in [2.24, 2.45) is 0 Å². The third kappa shape index (κ3) is 5.36. The van der Waals surface area contributed by atoms with Crippen LogP contribution in [0.4, 0.5) is 4.39 Å². The molecular formula is C25H27FN3OSi. The molecule has 0 aliphatic rings. The lowest BCUT2D eigenvalue weighted by Gasteiger charge is -2.31. The summed E-state index contributed by atoms with van der Waals surface area (Å²) >= 11 is 0. The number of rotatable bonds is 3. The second kappa shape index (κ2) is 8.60. The SMILES string of the molecule is Cc1ccnc(Oc2[c]c(-c3cnc(C#C[Si](C)(C)C(C)(C)C)cc3C)ccc2F)n1. The number of pyridine rings is 1. The second-order valence-electron chi connectivity index (χ2n) is 9.14. The van der Waals surface area contributed by atoms with Crippen molar-refractivity contribution in [3.05, 3.63) is 65.5 Å². The normalized spacial score (nSPS) is 11.6. The number of aromatic nitrogens is 3. The fraction of sp³-hybridized carbons (Fsp3) is 0.320. The number of benzene rings is 1. The van der Waals surface area contributed by atoms with E-state index in [1.807, 2.05) is 19.9 Å². The smallest absolute Gasteiger partial charge is 0.322 e. The molecule has 0 amide bonds. The molecule has 0 aliphatic heterocycles. The summed E-state index contributed by atoms with van der Waals surface area (Å²) in [5.74, 6) is 2.68. The van der Waals surface area contributed by atoms with Gasteiger partial charge < -0.3 is 4.74 Å². The van der Waals surface area contributed by atoms with Gasteiger partial charge in [-0.1, -0.05) is 45.9 Å². The van der Waals surface area contributed by atoms with Gasteiger partial charge in [-0.2, -0.15) is 0 Å². The van der Waals surface area contributed by atoms with Crippen LogP contribution in [-0.2, 0) is 0 Å². The van der Waals surface area contributed by atoms with Crippen LogP contribution < -0.4 is 4.74 Å². The predicted molar refractivity (Wildman–Crippen MR) is 124 cm³/mol. The first kappa shape index (κ1) is 22.6. The fourth-order valence-electron chi connectivity index (χ4n) is 2.57. The van der Waals surface area contributed by atoms with Gasteiger partial charge in [0, 0.05) is 29.7 Å². The molecule has 0 N–H and O–H groups in total. The molecule has 0 unspecified atom stereocenters. The van der Waals surface area contributed by atoms with Gasteiger partial charge in [-0.25, -0.2) is 19.3 Å². The fourth-order valence-corrected chi connectivity index (χ4v) is 3.38. The zero-order valence-corrected chi connectivity index (χ0v) is 20.1. The Bertz CT molecular complexity index is 1170. The molecule has 2 heterocycles. The molecule has 0 saturated heterocycles. The van der Waals surface area contributed by atoms with Crippen molar-refractivity contribution in [3.63, 3.8) is 0 Å². The van der Waals surface area contributed by atoms with E-state index < -0.39 is 13.9 Å². The molecule has 1 aromatic carbocycles. The highest BCUT2D eigenvalue weighted by Crippen LogP contribution is 2.35. The van der Waals surface area contributed by atoms with Crippen molar-refractivity contribution in [3.8, 4) is 34.4 Å². The average Bonchev–Trinajstić information content (AvgIpc) is 2.68. The molecule has 0 atom stereocenters. The Morgan fingerprint density at radius 3 is 2.48 bits per heavy atom. The molecule has 1 radical (unpaired) electrons. The Morgan fingerprint density at radius 1 is 1.10 bits per heavy atom. The Labute approximate surface area is 185 Å². The number of hydrogen-bond acceptors (Lipinski definition) is 4. The van der Waals surface area contributed by atoms with Crippen molar-refractivity contribution >= 4 is 8.07 Å². The van der Waals surface area contributed by atoms with E-state index >= 15 is 0 Å². The van der Waals surface area contributed by atoms with Crippen molar-refractivity contribution in [1.29, 1.82) is 0 Å². The molecule has 31 heavy (non-hydrogen) atoms. The predicted octanol–water partition coefficient (Wildman–Crippen LogP) is 6.29. The lowest BCUT2D eigenvalue weighted by Crippen LogP contribution is -2.35. The maximum absolute atomic E-state index is 14.3. The summed E-state index contributed by atoms with van der Waals surface area (Å²) in [7, 11) is -1.71. The molecule has 0 bridgehead atoms. The number of hydrogen-bond donors (Lipinski definition) is 0. The minimum absolute atomic E-state index is 0.0516. The molecule has 6 heteroatoms. The van der Waals surface area contributed by atoms with Gasteiger partial charge in [0.05, 0.1) is 0 Å². The third-order valence-corrected chi connectivity index (χ3v) is 10.1. The van der Waals surface area contributed by atoms with Crippen LogP contribution in [0.2, 0.25) is 18.1 Å². The Hall–Kier alpha value is -3.04. The second-order valence-corrected chi connectivity index (χ2v) is 14.1. The van der Waals surface area contributed by atoms with Crippen LogP contribution >= 0.6 is 0 Å². The van der Waals surface area contributed by atoms with E-state index in [1.165, 1.54) is 6.07 Å². The van der Waals surface area contributed by atoms with E-state index in [2.05, 4.69) is 66.3 Å². The van der Waals surface area contributed by atoms with Crippen LogP contribution in [0.15, 0.2) is 36.7 Å². The largest absolute Gasteiger partial charge is 0.420 e. The first-order chi connectivity index (χ1) is 14.5. The summed E-state index contributed by atoms with van der Waals surface area (Å²) in [6.07, 6.45) is 3.32. The standard InChI is InChI=1S/C25H27FN3OSi/c1-17-14-20(11-13-31(6,7)25(3,4)5)28-16-21(17)19-8-9-22(26)23(15-19)30-24-27-12-10-18(2)29-24/h8-10,12,14,16H,1-7H3. The van der Waals surface area contributed by atoms with Crippen LogP contribution in [0.25, 0.3) is 11.1 Å². The number of ether oxygens (including phenoxy) is 1. The van der Waals surface area contributed by atoms with Crippen LogP contribution in [0.1, 0.15) is 37.7 Å². The summed E-state index contributed by atoms with van der Waals surface area (Å²) in [6, 6.07) is 9.77. The minimum Gasteiger partial charge on any atom is -0.420 e. The average molecular weight is 433 g/mol. The molecule has 4 nitrogen and oxygen atoms in total. The highest BCUT2D eigenvalue weighted by atomic mass is 28.3. The van der Waals surface area contributed by atoms with E-state index in [0.29, 0.717) is 5.56 Å². The van der Waals surface area contributed by atoms with E-state index in [4.69, 9.17) is 4.74 Å². The summed E-state index contributed by atoms with van der Waals surface area (Å²) in [6.45, 7) is 15.1. The summed E-state index contributed by atoms with van der Waals surface area (Å²) < 4.78 is 19.8. The molecule has 0 spiro atoms. The lowest BCUT2D eigenvalue weighted by molar-refractivity contribution is 0.409. The van der Waals surface area contributed by atoms with Gasteiger partial charge in [0.25, 0.3) is 0 Å². The maximum Gasteiger partial charge on any atom is 0.322 e. The Morgan fingerprint density at radius 2 is 1.84 bits per heavy atom. The molecule has 0 saturated carbocycles. The van der Waals surface area contributed by atoms with Crippen molar-refractivity contribution in [2.75, 3.05) is 0 Å². The van der Waals surface area contributed by atoms with E-state index in [-0.39, 0.29) is 16.8 Å². The lowest BCUT2D eigenvalue weighted by atomic mass is 10.0. The number of aryl methyl sites for hydroxylation is 2. The molecular weight excluding hydrogens is 405 g/mol. The van der Waals surface area contributed by atoms with E-state index in [9.17, 15) is 4.39 Å². The van der Waals surface area contributed by atoms with Crippen molar-refractivity contribution < 1.29 is 9.13 Å². The van der Waals surface area contributed by atoms with E-state index in [0.717, 1.165) is 22.5 Å². The molecule has 3 aromatic rings. The van der Waals surface area contributed by atoms with Gasteiger partial charge in [0.15, 0.2) is 11.6 Å². The van der Waals surface area contributed by atoms with Crippen LogP contribution in [0, 0.1) is 37.2 Å². The number of nitrogens with zero attached hydrogens (tertiary/aromatic N) is 3. The molecule has 159 valence electrons. The van der Waals surface area contributed by atoms with Gasteiger partial charge in [-0.05, 0) is 48.2 Å². The monoisotopic (exact) mass is 432 g/mol. The first-order valence-corrected chi connectivity index (χ1v) is 13.2. The highest BCUT2D eigenvalue weighted by Gasteiger charge is 2.33. The quantitative estimate of drug-likeness (QED) is 0.361. The maximum atomic E-state index is 14.3. The number of halogens is 1. The summed E-state index contributed by atoms with van der Waals surface area (Å²) in [4.78, 5) is 12.7. The van der Waals surface area contributed by atoms with Crippen LogP contribution in [0.3, 0.4) is 0 Å². The summed E-state index contributed by atoms with van der Waals surface area (Å²) in [5.41, 5.74) is 7.45. The Kier molecular flexibility index (Phi) is 6.28. The van der Waals surface area contributed by atoms with Gasteiger partial charge >= 0.3 is 6.01 Å². The molecule has 2 aromatic heterocycles. The van der Waals surface area contributed by atoms with E-state index in [1.54, 1.807) is 24.5 Å². The molecule has 3 rings (SSSR count). The van der Waals surface area contributed by atoms with Gasteiger partial charge in [0.2, 0.25) is 0 Å². The van der Waals surface area contributed by atoms with Gasteiger partial charge in [0.1, 0.15) is 13.8 Å². The Balaban J connectivity index is 1.90. The minimum atomic E-state index is -1.71. The highest BCUT2D eigenvalue weighted by molar-refractivity contribution is 6.87. The van der Waals surface area contributed by atoms with Gasteiger partial charge in [-0.15, -0.1) is 5.54 Å². The molecule has 0 aliphatic carbocycles. The zero-order valence-electron chi connectivity index (χ0n) is 19.1. The topological polar surface area (TPSA) is 47.9 Å².